The van der Waals surface area contributed by atoms with Gasteiger partial charge in [-0.25, -0.2) is 0 Å². The van der Waals surface area contributed by atoms with Crippen molar-refractivity contribution in [2.45, 2.75) is 38.5 Å². The number of hydrogen-bond donors (Lipinski definition) is 2. The van der Waals surface area contributed by atoms with Gasteiger partial charge in [0.05, 0.1) is 23.2 Å². The van der Waals surface area contributed by atoms with E-state index >= 15 is 0 Å². The topological polar surface area (TPSA) is 78.6 Å². The van der Waals surface area contributed by atoms with E-state index in [-0.39, 0.29) is 5.91 Å². The third-order valence-corrected chi connectivity index (χ3v) is 4.92. The summed E-state index contributed by atoms with van der Waals surface area (Å²) < 4.78 is 5.19. The van der Waals surface area contributed by atoms with Crippen LogP contribution in [0.5, 0.6) is 0 Å². The molecule has 1 saturated heterocycles. The zero-order chi connectivity index (χ0) is 18.7. The van der Waals surface area contributed by atoms with Gasteiger partial charge in [0.15, 0.2) is 0 Å². The van der Waals surface area contributed by atoms with Crippen LogP contribution in [0.3, 0.4) is 0 Å². The maximum absolute atomic E-state index is 12.6. The zero-order valence-corrected chi connectivity index (χ0v) is 15.9. The number of carbonyl (C=O) groups is 1. The third-order valence-electron chi connectivity index (χ3n) is 4.28. The minimum absolute atomic E-state index is 0.160. The van der Waals surface area contributed by atoms with Gasteiger partial charge < -0.3 is 19.8 Å². The smallest absolute Gasteiger partial charge is 0.243 e. The molecule has 2 atom stereocenters. The van der Waals surface area contributed by atoms with Gasteiger partial charge >= 0.3 is 0 Å². The van der Waals surface area contributed by atoms with Crippen LogP contribution in [0.25, 0.3) is 0 Å². The maximum Gasteiger partial charge on any atom is 0.243 e. The number of β-amino-alcohol motifs (C(OH)–C–C–N with tert-alkyl or cyclic N) is 1. The van der Waals surface area contributed by atoms with E-state index in [2.05, 4.69) is 10.5 Å². The Morgan fingerprint density at radius 3 is 2.85 bits per heavy atom. The first kappa shape index (κ1) is 18.8. The number of amides is 1. The molecule has 0 bridgehead atoms. The fourth-order valence-corrected chi connectivity index (χ4v) is 3.47. The molecule has 1 fully saturated rings. The van der Waals surface area contributed by atoms with Gasteiger partial charge in [0.1, 0.15) is 11.8 Å². The van der Waals surface area contributed by atoms with E-state index in [9.17, 15) is 9.90 Å². The Kier molecular flexibility index (Phi) is 5.90. The number of nitrogens with one attached hydrogen (secondary N) is 1. The molecule has 2 heterocycles. The molecule has 0 spiro atoms. The van der Waals surface area contributed by atoms with E-state index in [1.807, 2.05) is 25.1 Å². The molecule has 2 N–H and O–H groups in total. The van der Waals surface area contributed by atoms with Crippen LogP contribution < -0.4 is 5.32 Å². The van der Waals surface area contributed by atoms with Crippen molar-refractivity contribution in [3.63, 3.8) is 0 Å². The molecule has 0 radical (unpaired) electrons. The lowest BCUT2D eigenvalue weighted by Gasteiger charge is -2.25. The van der Waals surface area contributed by atoms with E-state index in [0.717, 1.165) is 11.3 Å². The van der Waals surface area contributed by atoms with Crippen LogP contribution in [0.4, 0.5) is 0 Å². The number of likely N-dealkylation sites (tertiary alicyclic amines) is 1. The van der Waals surface area contributed by atoms with Gasteiger partial charge in [-0.05, 0) is 24.6 Å². The highest BCUT2D eigenvalue weighted by Gasteiger charge is 2.37. The monoisotopic (exact) mass is 393 g/mol. The van der Waals surface area contributed by atoms with Gasteiger partial charge in [-0.2, -0.15) is 0 Å². The summed E-state index contributed by atoms with van der Waals surface area (Å²) in [5.74, 6) is 0.488. The quantitative estimate of drug-likeness (QED) is 0.758. The SMILES string of the molecule is Cc1cc(CC(=S)N2CC(O)CC2C(=O)NCc2ccc(Cl)cc2)on1. The number of thiocarbonyl (C=S) groups is 1. The Bertz CT molecular complexity index is 793. The average molecular weight is 394 g/mol. The van der Waals surface area contributed by atoms with Crippen LogP contribution in [0.15, 0.2) is 34.9 Å². The molecule has 1 aromatic heterocycles. The number of aryl methyl sites for hydroxylation is 1. The molecule has 1 aromatic carbocycles. The first-order valence-electron chi connectivity index (χ1n) is 8.34. The predicted molar refractivity (Wildman–Crippen MR) is 102 cm³/mol. The van der Waals surface area contributed by atoms with Crippen LogP contribution >= 0.6 is 23.8 Å². The fraction of sp³-hybridized carbons (Fsp3) is 0.389. The second-order valence-electron chi connectivity index (χ2n) is 6.41. The highest BCUT2D eigenvalue weighted by atomic mass is 35.5. The Morgan fingerprint density at radius 2 is 2.19 bits per heavy atom. The van der Waals surface area contributed by atoms with Crippen molar-refractivity contribution in [3.05, 3.63) is 52.4 Å². The van der Waals surface area contributed by atoms with E-state index in [1.54, 1.807) is 17.0 Å². The number of benzene rings is 1. The number of nitrogens with zero attached hydrogens (tertiary/aromatic N) is 2. The van der Waals surface area contributed by atoms with E-state index < -0.39 is 12.1 Å². The number of aliphatic hydroxyl groups is 1. The van der Waals surface area contributed by atoms with Crippen LogP contribution in [0, 0.1) is 6.92 Å². The highest BCUT2D eigenvalue weighted by Crippen LogP contribution is 2.21. The van der Waals surface area contributed by atoms with Crippen molar-refractivity contribution in [1.82, 2.24) is 15.4 Å². The van der Waals surface area contributed by atoms with Gasteiger partial charge in [-0.3, -0.25) is 4.79 Å². The lowest BCUT2D eigenvalue weighted by molar-refractivity contribution is -0.124. The molecule has 3 rings (SSSR count). The van der Waals surface area contributed by atoms with E-state index in [4.69, 9.17) is 28.3 Å². The third kappa shape index (κ3) is 4.60. The van der Waals surface area contributed by atoms with Crippen LogP contribution in [-0.2, 0) is 17.8 Å². The Balaban J connectivity index is 1.61. The Labute approximate surface area is 162 Å². The lowest BCUT2D eigenvalue weighted by atomic mass is 10.1. The number of aliphatic hydroxyl groups excluding tert-OH is 1. The molecule has 2 aromatic rings. The van der Waals surface area contributed by atoms with Crippen LogP contribution in [0.2, 0.25) is 5.02 Å². The summed E-state index contributed by atoms with van der Waals surface area (Å²) in [4.78, 5) is 14.9. The number of halogens is 1. The molecule has 138 valence electrons. The van der Waals surface area contributed by atoms with Gasteiger partial charge in [-0.15, -0.1) is 0 Å². The Morgan fingerprint density at radius 1 is 1.46 bits per heavy atom. The summed E-state index contributed by atoms with van der Waals surface area (Å²) in [7, 11) is 0. The molecule has 1 aliphatic rings. The first-order valence-corrected chi connectivity index (χ1v) is 9.13. The van der Waals surface area contributed by atoms with Gasteiger partial charge in [-0.1, -0.05) is 41.1 Å². The van der Waals surface area contributed by atoms with Crippen molar-refractivity contribution >= 4 is 34.7 Å². The molecule has 26 heavy (non-hydrogen) atoms. The molecule has 2 unspecified atom stereocenters. The van der Waals surface area contributed by atoms with Crippen molar-refractivity contribution in [1.29, 1.82) is 0 Å². The molecule has 1 aliphatic heterocycles. The molecule has 8 heteroatoms. The summed E-state index contributed by atoms with van der Waals surface area (Å²) in [6, 6.07) is 8.61. The molecular formula is C18H20ClN3O3S. The number of rotatable bonds is 5. The zero-order valence-electron chi connectivity index (χ0n) is 14.3. The number of aromatic nitrogens is 1. The summed E-state index contributed by atoms with van der Waals surface area (Å²) in [5, 5.41) is 17.4. The maximum atomic E-state index is 12.6. The minimum atomic E-state index is -0.587. The van der Waals surface area contributed by atoms with Crippen LogP contribution in [-0.4, -0.2) is 44.7 Å². The average Bonchev–Trinajstić information content (AvgIpc) is 3.19. The normalized spacial score (nSPS) is 19.6. The lowest BCUT2D eigenvalue weighted by Crippen LogP contribution is -2.45. The van der Waals surface area contributed by atoms with Crippen molar-refractivity contribution in [2.75, 3.05) is 6.54 Å². The number of hydrogen-bond acceptors (Lipinski definition) is 5. The molecule has 0 saturated carbocycles. The summed E-state index contributed by atoms with van der Waals surface area (Å²) in [6.07, 6.45) is 0.141. The van der Waals surface area contributed by atoms with Crippen molar-refractivity contribution in [2.24, 2.45) is 0 Å². The molecule has 1 amide bonds. The summed E-state index contributed by atoms with van der Waals surface area (Å²) in [5.41, 5.74) is 1.73. The predicted octanol–water partition coefficient (Wildman–Crippen LogP) is 2.26. The molecule has 6 nitrogen and oxygen atoms in total. The van der Waals surface area contributed by atoms with Crippen molar-refractivity contribution < 1.29 is 14.4 Å². The molecule has 0 aliphatic carbocycles. The van der Waals surface area contributed by atoms with Gasteiger partial charge in [0, 0.05) is 30.6 Å². The number of carbonyl (C=O) groups excluding carboxylic acids is 1. The van der Waals surface area contributed by atoms with Crippen LogP contribution in [0.1, 0.15) is 23.4 Å². The standard InChI is InChI=1S/C18H20ClN3O3S/c1-11-6-15(25-21-11)8-17(26)22-10-14(23)7-16(22)18(24)20-9-12-2-4-13(19)5-3-12/h2-6,14,16,23H,7-10H2,1H3,(H,20,24). The second-order valence-corrected chi connectivity index (χ2v) is 7.31. The Hall–Kier alpha value is -1.96. The van der Waals surface area contributed by atoms with Crippen molar-refractivity contribution in [3.8, 4) is 0 Å². The highest BCUT2D eigenvalue weighted by molar-refractivity contribution is 7.80. The summed E-state index contributed by atoms with van der Waals surface area (Å²) >= 11 is 11.3. The minimum Gasteiger partial charge on any atom is -0.391 e. The summed E-state index contributed by atoms with van der Waals surface area (Å²) in [6.45, 7) is 2.57. The fourth-order valence-electron chi connectivity index (χ4n) is 3.00. The van der Waals surface area contributed by atoms with E-state index in [0.29, 0.717) is 41.7 Å². The largest absolute Gasteiger partial charge is 0.391 e. The molecular weight excluding hydrogens is 374 g/mol. The van der Waals surface area contributed by atoms with E-state index in [1.165, 1.54) is 0 Å². The van der Waals surface area contributed by atoms with Gasteiger partial charge in [0.25, 0.3) is 0 Å². The first-order chi connectivity index (χ1) is 12.4. The second kappa shape index (κ2) is 8.16. The van der Waals surface area contributed by atoms with Gasteiger partial charge in [0.2, 0.25) is 5.91 Å².